The number of hydrogen-bond acceptors (Lipinski definition) is 3. The van der Waals surface area contributed by atoms with Crippen LogP contribution in [0.15, 0.2) is 23.1 Å². The van der Waals surface area contributed by atoms with Crippen LogP contribution >= 0.6 is 11.6 Å². The van der Waals surface area contributed by atoms with Gasteiger partial charge in [0.15, 0.2) is 0 Å². The molecule has 9 heteroatoms. The first-order valence-corrected chi connectivity index (χ1v) is 7.94. The summed E-state index contributed by atoms with van der Waals surface area (Å²) in [6.45, 7) is 1.15. The van der Waals surface area contributed by atoms with E-state index >= 15 is 0 Å². The van der Waals surface area contributed by atoms with E-state index in [1.165, 1.54) is 0 Å². The largest absolute Gasteiger partial charge is 0.416 e. The predicted octanol–water partition coefficient (Wildman–Crippen LogP) is 2.75. The second-order valence-electron chi connectivity index (χ2n) is 4.27. The van der Waals surface area contributed by atoms with E-state index in [0.717, 1.165) is 16.4 Å². The molecule has 120 valence electrons. The zero-order chi connectivity index (χ0) is 16.3. The lowest BCUT2D eigenvalue weighted by atomic mass is 10.2. The number of sulfonamides is 1. The van der Waals surface area contributed by atoms with Gasteiger partial charge in [-0.2, -0.15) is 17.5 Å². The molecule has 0 bridgehead atoms. The molecule has 0 aromatic heterocycles. The van der Waals surface area contributed by atoms with Crippen molar-refractivity contribution in [3.63, 3.8) is 0 Å². The number of nitrogens with zero attached hydrogens (tertiary/aromatic N) is 1. The Bertz CT molecular complexity index is 584. The summed E-state index contributed by atoms with van der Waals surface area (Å²) in [4.78, 5) is -0.610. The average Bonchev–Trinajstić information content (AvgIpc) is 2.37. The molecule has 0 aliphatic carbocycles. The molecule has 0 unspecified atom stereocenters. The van der Waals surface area contributed by atoms with Crippen molar-refractivity contribution in [1.82, 2.24) is 4.31 Å². The van der Waals surface area contributed by atoms with Gasteiger partial charge in [-0.3, -0.25) is 0 Å². The molecular weight excluding hydrogens is 331 g/mol. The molecule has 0 saturated heterocycles. The lowest BCUT2D eigenvalue weighted by molar-refractivity contribution is -0.137. The first-order chi connectivity index (χ1) is 9.64. The lowest BCUT2D eigenvalue weighted by Crippen LogP contribution is -2.34. The topological polar surface area (TPSA) is 57.6 Å². The normalized spacial score (nSPS) is 12.9. The molecule has 0 aliphatic heterocycles. The minimum atomic E-state index is -4.67. The first kappa shape index (κ1) is 18.2. The summed E-state index contributed by atoms with van der Waals surface area (Å²) in [5.74, 6) is 0. The molecule has 0 saturated carbocycles. The Morgan fingerprint density at radius 2 is 1.90 bits per heavy atom. The van der Waals surface area contributed by atoms with Gasteiger partial charge in [-0.1, -0.05) is 18.5 Å². The Hall–Kier alpha value is -0.830. The molecule has 0 amide bonds. The molecule has 1 N–H and O–H groups in total. The van der Waals surface area contributed by atoms with Gasteiger partial charge < -0.3 is 5.11 Å². The first-order valence-electron chi connectivity index (χ1n) is 6.12. The maximum absolute atomic E-state index is 12.7. The summed E-state index contributed by atoms with van der Waals surface area (Å²) < 4.78 is 63.7. The zero-order valence-corrected chi connectivity index (χ0v) is 12.8. The van der Waals surface area contributed by atoms with E-state index in [1.807, 2.05) is 0 Å². The smallest absolute Gasteiger partial charge is 0.395 e. The number of aliphatic hydroxyl groups is 1. The molecule has 0 fully saturated rings. The molecular formula is C12H15ClF3NO3S. The highest BCUT2D eigenvalue weighted by Crippen LogP contribution is 2.34. The van der Waals surface area contributed by atoms with E-state index in [4.69, 9.17) is 16.7 Å². The molecule has 0 aliphatic rings. The maximum Gasteiger partial charge on any atom is 0.416 e. The Labute approximate surface area is 126 Å². The molecule has 0 radical (unpaired) electrons. The van der Waals surface area contributed by atoms with Crippen LogP contribution in [0.4, 0.5) is 13.2 Å². The zero-order valence-electron chi connectivity index (χ0n) is 11.2. The van der Waals surface area contributed by atoms with Crippen LogP contribution in [0, 0.1) is 0 Å². The number of benzene rings is 1. The average molecular weight is 346 g/mol. The third-order valence-corrected chi connectivity index (χ3v) is 5.08. The molecule has 1 rings (SSSR count). The minimum Gasteiger partial charge on any atom is -0.395 e. The molecule has 4 nitrogen and oxygen atoms in total. The summed E-state index contributed by atoms with van der Waals surface area (Å²) in [5.41, 5.74) is -1.09. The minimum absolute atomic E-state index is 0.0788. The van der Waals surface area contributed by atoms with E-state index in [1.54, 1.807) is 6.92 Å². The van der Waals surface area contributed by atoms with Crippen molar-refractivity contribution in [2.24, 2.45) is 0 Å². The van der Waals surface area contributed by atoms with Crippen molar-refractivity contribution in [2.75, 3.05) is 19.7 Å². The van der Waals surface area contributed by atoms with E-state index < -0.39 is 33.3 Å². The fraction of sp³-hybridized carbons (Fsp3) is 0.500. The van der Waals surface area contributed by atoms with Crippen LogP contribution in [0.5, 0.6) is 0 Å². The van der Waals surface area contributed by atoms with E-state index in [-0.39, 0.29) is 18.1 Å². The van der Waals surface area contributed by atoms with Gasteiger partial charge in [0.2, 0.25) is 10.0 Å². The van der Waals surface area contributed by atoms with Gasteiger partial charge in [-0.05, 0) is 24.6 Å². The Balaban J connectivity index is 3.35. The van der Waals surface area contributed by atoms with Gasteiger partial charge in [-0.15, -0.1) is 0 Å². The number of halogens is 4. The molecule has 1 aromatic rings. The van der Waals surface area contributed by atoms with Crippen LogP contribution in [0.3, 0.4) is 0 Å². The number of rotatable bonds is 6. The molecule has 0 atom stereocenters. The van der Waals surface area contributed by atoms with Crippen molar-refractivity contribution in [1.29, 1.82) is 0 Å². The second kappa shape index (κ2) is 6.95. The third-order valence-electron chi connectivity index (χ3n) is 2.70. The quantitative estimate of drug-likeness (QED) is 0.862. The van der Waals surface area contributed by atoms with Crippen LogP contribution in [0.2, 0.25) is 5.02 Å². The van der Waals surface area contributed by atoms with Gasteiger partial charge in [0.05, 0.1) is 17.2 Å². The van der Waals surface area contributed by atoms with Gasteiger partial charge in [0.1, 0.15) is 4.90 Å². The van der Waals surface area contributed by atoms with Gasteiger partial charge in [0, 0.05) is 13.1 Å². The maximum atomic E-state index is 12.7. The van der Waals surface area contributed by atoms with Crippen LogP contribution in [0.1, 0.15) is 18.9 Å². The molecule has 1 aromatic carbocycles. The Kier molecular flexibility index (Phi) is 6.03. The molecule has 21 heavy (non-hydrogen) atoms. The van der Waals surface area contributed by atoms with Crippen molar-refractivity contribution in [3.8, 4) is 0 Å². The fourth-order valence-electron chi connectivity index (χ4n) is 1.73. The van der Waals surface area contributed by atoms with E-state index in [2.05, 4.69) is 0 Å². The van der Waals surface area contributed by atoms with Crippen molar-refractivity contribution >= 4 is 21.6 Å². The highest BCUT2D eigenvalue weighted by Gasteiger charge is 2.34. The fourth-order valence-corrected chi connectivity index (χ4v) is 3.75. The lowest BCUT2D eigenvalue weighted by Gasteiger charge is -2.21. The third kappa shape index (κ3) is 4.32. The monoisotopic (exact) mass is 345 g/mol. The van der Waals surface area contributed by atoms with Crippen LogP contribution < -0.4 is 0 Å². The highest BCUT2D eigenvalue weighted by molar-refractivity contribution is 7.89. The highest BCUT2D eigenvalue weighted by atomic mass is 35.5. The van der Waals surface area contributed by atoms with Gasteiger partial charge in [0.25, 0.3) is 0 Å². The summed E-state index contributed by atoms with van der Waals surface area (Å²) in [6.07, 6.45) is -4.21. The van der Waals surface area contributed by atoms with E-state index in [0.29, 0.717) is 12.5 Å². The van der Waals surface area contributed by atoms with Crippen molar-refractivity contribution < 1.29 is 26.7 Å². The van der Waals surface area contributed by atoms with Crippen molar-refractivity contribution in [2.45, 2.75) is 24.4 Å². The summed E-state index contributed by atoms with van der Waals surface area (Å²) >= 11 is 5.74. The van der Waals surface area contributed by atoms with Crippen LogP contribution in [-0.2, 0) is 16.2 Å². The van der Waals surface area contributed by atoms with Crippen LogP contribution in [0.25, 0.3) is 0 Å². The van der Waals surface area contributed by atoms with Crippen LogP contribution in [-0.4, -0.2) is 37.5 Å². The second-order valence-corrected chi connectivity index (χ2v) is 6.58. The summed E-state index contributed by atoms with van der Waals surface area (Å²) in [5, 5.41) is 8.62. The number of aliphatic hydroxyl groups excluding tert-OH is 1. The Morgan fingerprint density at radius 3 is 2.38 bits per heavy atom. The van der Waals surface area contributed by atoms with Gasteiger partial charge >= 0.3 is 6.18 Å². The standard InChI is InChI=1S/C12H15ClF3NO3S/c1-2-5-17(6-7-18)21(19,20)11-8-9(12(14,15)16)3-4-10(11)13/h3-4,8,18H,2,5-7H2,1H3. The number of hydrogen-bond donors (Lipinski definition) is 1. The van der Waals surface area contributed by atoms with E-state index in [9.17, 15) is 21.6 Å². The molecule has 0 spiro atoms. The predicted molar refractivity (Wildman–Crippen MR) is 72.6 cm³/mol. The van der Waals surface area contributed by atoms with Gasteiger partial charge in [-0.25, -0.2) is 8.42 Å². The number of alkyl halides is 3. The van der Waals surface area contributed by atoms with Crippen molar-refractivity contribution in [3.05, 3.63) is 28.8 Å². The SMILES string of the molecule is CCCN(CCO)S(=O)(=O)c1cc(C(F)(F)F)ccc1Cl. The molecule has 0 heterocycles. The summed E-state index contributed by atoms with van der Waals surface area (Å²) in [6, 6.07) is 2.13. The summed E-state index contributed by atoms with van der Waals surface area (Å²) in [7, 11) is -4.20. The Morgan fingerprint density at radius 1 is 1.29 bits per heavy atom.